The summed E-state index contributed by atoms with van der Waals surface area (Å²) in [6, 6.07) is -0.220. The molecule has 0 radical (unpaired) electrons. The van der Waals surface area contributed by atoms with Gasteiger partial charge in [-0.3, -0.25) is 10.1 Å². The number of aromatic nitrogens is 1. The highest BCUT2D eigenvalue weighted by molar-refractivity contribution is 9.11. The third-order valence-electron chi connectivity index (χ3n) is 3.97. The Morgan fingerprint density at radius 1 is 1.57 bits per heavy atom. The fourth-order valence-electron chi connectivity index (χ4n) is 2.41. The van der Waals surface area contributed by atoms with Gasteiger partial charge in [0.2, 0.25) is 0 Å². The number of amides is 2. The molecule has 0 spiro atoms. The fourth-order valence-corrected chi connectivity index (χ4v) is 3.50. The van der Waals surface area contributed by atoms with E-state index in [4.69, 9.17) is 0 Å². The molecular weight excluding hydrogens is 358 g/mol. The summed E-state index contributed by atoms with van der Waals surface area (Å²) in [5, 5.41) is 12.6. The summed E-state index contributed by atoms with van der Waals surface area (Å²) in [5.41, 5.74) is -0.830. The van der Waals surface area contributed by atoms with E-state index in [0.717, 1.165) is 16.6 Å². The minimum atomic E-state index is -0.830. The fraction of sp³-hybridized carbons (Fsp3) is 0.615. The van der Waals surface area contributed by atoms with Crippen LogP contribution in [0.1, 0.15) is 26.7 Å². The van der Waals surface area contributed by atoms with Crippen molar-refractivity contribution < 1.29 is 14.7 Å². The van der Waals surface area contributed by atoms with Crippen molar-refractivity contribution in [3.05, 3.63) is 9.98 Å². The van der Waals surface area contributed by atoms with E-state index < -0.39 is 11.4 Å². The van der Waals surface area contributed by atoms with E-state index in [1.165, 1.54) is 11.3 Å². The number of anilines is 1. The SMILES string of the molecule is CC(C)(C(=O)O)C1CCCN(C(=O)Nc2ncc(Br)s2)C1. The number of likely N-dealkylation sites (tertiary alicyclic amines) is 1. The molecule has 0 aromatic carbocycles. The quantitative estimate of drug-likeness (QED) is 0.848. The van der Waals surface area contributed by atoms with Gasteiger partial charge in [-0.15, -0.1) is 0 Å². The zero-order valence-electron chi connectivity index (χ0n) is 11.9. The Morgan fingerprint density at radius 3 is 2.86 bits per heavy atom. The number of urea groups is 1. The molecule has 1 fully saturated rings. The minimum Gasteiger partial charge on any atom is -0.481 e. The van der Waals surface area contributed by atoms with Crippen LogP contribution < -0.4 is 5.32 Å². The maximum absolute atomic E-state index is 12.2. The van der Waals surface area contributed by atoms with Gasteiger partial charge in [-0.2, -0.15) is 0 Å². The molecule has 2 N–H and O–H groups in total. The average molecular weight is 376 g/mol. The molecule has 0 aliphatic carbocycles. The Labute approximate surface area is 135 Å². The highest BCUT2D eigenvalue weighted by Crippen LogP contribution is 2.34. The highest BCUT2D eigenvalue weighted by atomic mass is 79.9. The largest absolute Gasteiger partial charge is 0.481 e. The van der Waals surface area contributed by atoms with Gasteiger partial charge < -0.3 is 10.0 Å². The number of carbonyl (C=O) groups excluding carboxylic acids is 1. The van der Waals surface area contributed by atoms with Crippen molar-refractivity contribution in [2.45, 2.75) is 26.7 Å². The maximum atomic E-state index is 12.2. The van der Waals surface area contributed by atoms with Crippen LogP contribution >= 0.6 is 27.3 Å². The van der Waals surface area contributed by atoms with Gasteiger partial charge in [-0.25, -0.2) is 9.78 Å². The lowest BCUT2D eigenvalue weighted by Crippen LogP contribution is -2.48. The number of rotatable bonds is 3. The van der Waals surface area contributed by atoms with Crippen molar-refractivity contribution in [3.63, 3.8) is 0 Å². The van der Waals surface area contributed by atoms with Crippen molar-refractivity contribution in [2.75, 3.05) is 18.4 Å². The van der Waals surface area contributed by atoms with Crippen molar-refractivity contribution in [2.24, 2.45) is 11.3 Å². The Kier molecular flexibility index (Phi) is 4.88. The number of hydrogen-bond donors (Lipinski definition) is 2. The first-order valence-electron chi connectivity index (χ1n) is 6.71. The van der Waals surface area contributed by atoms with Crippen LogP contribution in [0.2, 0.25) is 0 Å². The summed E-state index contributed by atoms with van der Waals surface area (Å²) in [6.45, 7) is 4.54. The molecule has 6 nitrogen and oxygen atoms in total. The normalized spacial score (nSPS) is 19.4. The number of aliphatic carboxylic acids is 1. The Hall–Kier alpha value is -1.15. The molecule has 21 heavy (non-hydrogen) atoms. The number of nitrogens with zero attached hydrogens (tertiary/aromatic N) is 2. The van der Waals surface area contributed by atoms with Gasteiger partial charge >= 0.3 is 12.0 Å². The number of hydrogen-bond acceptors (Lipinski definition) is 4. The Morgan fingerprint density at radius 2 is 2.29 bits per heavy atom. The van der Waals surface area contributed by atoms with E-state index in [9.17, 15) is 14.7 Å². The van der Waals surface area contributed by atoms with Crippen LogP contribution in [0.4, 0.5) is 9.93 Å². The standard InChI is InChI=1S/C13H18BrN3O3S/c1-13(2,10(18)19)8-4-3-5-17(7-8)12(20)16-11-15-6-9(14)21-11/h6,8H,3-5,7H2,1-2H3,(H,18,19)(H,15,16,20). The van der Waals surface area contributed by atoms with E-state index in [-0.39, 0.29) is 11.9 Å². The van der Waals surface area contributed by atoms with Crippen molar-refractivity contribution in [1.29, 1.82) is 0 Å². The summed E-state index contributed by atoms with van der Waals surface area (Å²) in [5.74, 6) is -0.865. The number of piperidine rings is 1. The summed E-state index contributed by atoms with van der Waals surface area (Å²) >= 11 is 4.64. The third kappa shape index (κ3) is 3.74. The van der Waals surface area contributed by atoms with Crippen LogP contribution in [-0.4, -0.2) is 40.1 Å². The van der Waals surface area contributed by atoms with Crippen LogP contribution in [0.15, 0.2) is 9.98 Å². The van der Waals surface area contributed by atoms with Gasteiger partial charge in [-0.1, -0.05) is 11.3 Å². The number of nitrogens with one attached hydrogen (secondary N) is 1. The number of thiazole rings is 1. The van der Waals surface area contributed by atoms with Crippen LogP contribution in [0.3, 0.4) is 0 Å². The second-order valence-corrected chi connectivity index (χ2v) is 8.12. The predicted molar refractivity (Wildman–Crippen MR) is 84.5 cm³/mol. The average Bonchev–Trinajstić information content (AvgIpc) is 2.84. The summed E-state index contributed by atoms with van der Waals surface area (Å²) in [7, 11) is 0. The Bertz CT molecular complexity index is 547. The van der Waals surface area contributed by atoms with Crippen LogP contribution in [-0.2, 0) is 4.79 Å². The number of carboxylic acid groups (broad SMARTS) is 1. The molecule has 0 bridgehead atoms. The summed E-state index contributed by atoms with van der Waals surface area (Å²) < 4.78 is 0.848. The van der Waals surface area contributed by atoms with E-state index >= 15 is 0 Å². The second kappa shape index (κ2) is 6.31. The molecule has 1 unspecified atom stereocenters. The van der Waals surface area contributed by atoms with Gasteiger partial charge in [0.25, 0.3) is 0 Å². The van der Waals surface area contributed by atoms with Gasteiger partial charge in [-0.05, 0) is 48.5 Å². The topological polar surface area (TPSA) is 82.5 Å². The van der Waals surface area contributed by atoms with E-state index in [0.29, 0.717) is 18.2 Å². The molecule has 2 amide bonds. The first kappa shape index (κ1) is 16.2. The van der Waals surface area contributed by atoms with Crippen molar-refractivity contribution in [1.82, 2.24) is 9.88 Å². The molecule has 116 valence electrons. The molecule has 1 aromatic rings. The molecule has 2 heterocycles. The monoisotopic (exact) mass is 375 g/mol. The lowest BCUT2D eigenvalue weighted by molar-refractivity contribution is -0.151. The maximum Gasteiger partial charge on any atom is 0.323 e. The first-order chi connectivity index (χ1) is 9.80. The molecule has 8 heteroatoms. The summed E-state index contributed by atoms with van der Waals surface area (Å²) in [6.07, 6.45) is 3.27. The zero-order chi connectivity index (χ0) is 15.6. The number of carbonyl (C=O) groups is 2. The van der Waals surface area contributed by atoms with Gasteiger partial charge in [0.05, 0.1) is 15.4 Å². The van der Waals surface area contributed by atoms with E-state index in [2.05, 4.69) is 26.2 Å². The zero-order valence-corrected chi connectivity index (χ0v) is 14.3. The molecule has 1 atom stereocenters. The van der Waals surface area contributed by atoms with Gasteiger partial charge in [0, 0.05) is 13.1 Å². The Balaban J connectivity index is 2.00. The summed E-state index contributed by atoms with van der Waals surface area (Å²) in [4.78, 5) is 29.3. The molecule has 2 rings (SSSR count). The highest BCUT2D eigenvalue weighted by Gasteiger charge is 2.40. The molecule has 1 saturated heterocycles. The lowest BCUT2D eigenvalue weighted by atomic mass is 9.74. The molecular formula is C13H18BrN3O3S. The van der Waals surface area contributed by atoms with Crippen molar-refractivity contribution >= 4 is 44.4 Å². The molecule has 1 aromatic heterocycles. The van der Waals surface area contributed by atoms with Gasteiger partial charge in [0.15, 0.2) is 5.13 Å². The van der Waals surface area contributed by atoms with E-state index in [1.807, 2.05) is 0 Å². The van der Waals surface area contributed by atoms with Crippen LogP contribution in [0.25, 0.3) is 0 Å². The van der Waals surface area contributed by atoms with Crippen LogP contribution in [0.5, 0.6) is 0 Å². The molecule has 1 aliphatic heterocycles. The number of carboxylic acids is 1. The smallest absolute Gasteiger partial charge is 0.323 e. The molecule has 0 saturated carbocycles. The first-order valence-corrected chi connectivity index (χ1v) is 8.32. The van der Waals surface area contributed by atoms with E-state index in [1.54, 1.807) is 24.9 Å². The van der Waals surface area contributed by atoms with Gasteiger partial charge in [0.1, 0.15) is 0 Å². The molecule has 1 aliphatic rings. The lowest BCUT2D eigenvalue weighted by Gasteiger charge is -2.39. The second-order valence-electron chi connectivity index (χ2n) is 5.71. The predicted octanol–water partition coefficient (Wildman–Crippen LogP) is 3.26. The van der Waals surface area contributed by atoms with Crippen LogP contribution in [0, 0.1) is 11.3 Å². The van der Waals surface area contributed by atoms with Crippen molar-refractivity contribution in [3.8, 4) is 0 Å². The third-order valence-corrected chi connectivity index (χ3v) is 5.36. The minimum absolute atomic E-state index is 0.0440. The number of halogens is 1.